The quantitative estimate of drug-likeness (QED) is 0.503. The van der Waals surface area contributed by atoms with Crippen molar-refractivity contribution >= 4 is 0 Å². The Labute approximate surface area is 97.7 Å². The maximum atomic E-state index is 13.7. The fraction of sp³-hybridized carbons (Fsp3) is 0.571. The molecule has 0 saturated heterocycles. The first-order valence-electron chi connectivity index (χ1n) is 5.93. The van der Waals surface area contributed by atoms with Gasteiger partial charge < -0.3 is 4.74 Å². The van der Waals surface area contributed by atoms with Crippen molar-refractivity contribution in [1.82, 2.24) is 0 Å². The van der Waals surface area contributed by atoms with Crippen LogP contribution < -0.4 is 0 Å². The lowest BCUT2D eigenvalue weighted by Gasteiger charge is -2.23. The van der Waals surface area contributed by atoms with Crippen molar-refractivity contribution in [2.45, 2.75) is 39.0 Å². The molecule has 1 aliphatic rings. The Kier molecular flexibility index (Phi) is 5.30. The number of methoxy groups -OCH3 is 1. The maximum absolute atomic E-state index is 13.7. The van der Waals surface area contributed by atoms with E-state index in [1.165, 1.54) is 25.3 Å². The zero-order valence-electron chi connectivity index (χ0n) is 10.3. The highest BCUT2D eigenvalue weighted by molar-refractivity contribution is 5.31. The Morgan fingerprint density at radius 3 is 2.44 bits per heavy atom. The Morgan fingerprint density at radius 2 is 1.94 bits per heavy atom. The lowest BCUT2D eigenvalue weighted by Crippen LogP contribution is -2.09. The van der Waals surface area contributed by atoms with Crippen molar-refractivity contribution in [3.05, 3.63) is 35.9 Å². The van der Waals surface area contributed by atoms with Crippen molar-refractivity contribution in [3.63, 3.8) is 0 Å². The summed E-state index contributed by atoms with van der Waals surface area (Å²) in [5, 5.41) is 0. The van der Waals surface area contributed by atoms with E-state index in [1.54, 1.807) is 7.11 Å². The van der Waals surface area contributed by atoms with Gasteiger partial charge in [0.1, 0.15) is 5.83 Å². The van der Waals surface area contributed by atoms with Gasteiger partial charge in [-0.25, -0.2) is 4.39 Å². The smallest absolute Gasteiger partial charge is 0.126 e. The topological polar surface area (TPSA) is 9.23 Å². The molecule has 0 aromatic rings. The monoisotopic (exact) mass is 224 g/mol. The fourth-order valence-corrected chi connectivity index (χ4v) is 2.19. The molecule has 16 heavy (non-hydrogen) atoms. The van der Waals surface area contributed by atoms with Crippen LogP contribution in [0.25, 0.3) is 0 Å². The van der Waals surface area contributed by atoms with E-state index in [9.17, 15) is 4.39 Å². The second kappa shape index (κ2) is 6.51. The van der Waals surface area contributed by atoms with E-state index in [4.69, 9.17) is 4.74 Å². The highest BCUT2D eigenvalue weighted by Gasteiger charge is 2.19. The molecule has 0 bridgehead atoms. The van der Waals surface area contributed by atoms with Gasteiger partial charge in [0.25, 0.3) is 0 Å². The van der Waals surface area contributed by atoms with E-state index in [-0.39, 0.29) is 5.83 Å². The predicted molar refractivity (Wildman–Crippen MR) is 65.7 cm³/mol. The van der Waals surface area contributed by atoms with E-state index in [1.807, 2.05) is 13.0 Å². The van der Waals surface area contributed by atoms with Crippen LogP contribution in [-0.4, -0.2) is 7.11 Å². The molecular formula is C14H21FO. The molecular weight excluding hydrogens is 203 g/mol. The molecule has 90 valence electrons. The molecule has 0 amide bonds. The van der Waals surface area contributed by atoms with Crippen LogP contribution in [0.5, 0.6) is 0 Å². The summed E-state index contributed by atoms with van der Waals surface area (Å²) < 4.78 is 18.8. The van der Waals surface area contributed by atoms with Crippen molar-refractivity contribution in [3.8, 4) is 0 Å². The molecule has 1 aliphatic carbocycles. The molecule has 0 atom stereocenters. The van der Waals surface area contributed by atoms with Gasteiger partial charge in [-0.05, 0) is 43.4 Å². The number of hydrogen-bond acceptors (Lipinski definition) is 1. The molecule has 1 saturated carbocycles. The van der Waals surface area contributed by atoms with Gasteiger partial charge in [0.05, 0.1) is 12.9 Å². The molecule has 0 spiro atoms. The largest absolute Gasteiger partial charge is 0.501 e. The van der Waals surface area contributed by atoms with E-state index in [0.717, 1.165) is 24.2 Å². The first-order chi connectivity index (χ1) is 7.69. The highest BCUT2D eigenvalue weighted by atomic mass is 19.1. The molecule has 0 N–H and O–H groups in total. The summed E-state index contributed by atoms with van der Waals surface area (Å²) in [6.45, 7) is 5.35. The highest BCUT2D eigenvalue weighted by Crippen LogP contribution is 2.33. The Hall–Kier alpha value is -1.05. The van der Waals surface area contributed by atoms with E-state index < -0.39 is 0 Å². The molecule has 0 unspecified atom stereocenters. The second-order valence-electron chi connectivity index (χ2n) is 4.30. The Bertz CT molecular complexity index is 296. The summed E-state index contributed by atoms with van der Waals surface area (Å²) in [5.41, 5.74) is 0.758. The third-order valence-corrected chi connectivity index (χ3v) is 3.18. The lowest BCUT2D eigenvalue weighted by molar-refractivity contribution is 0.291. The van der Waals surface area contributed by atoms with Crippen LogP contribution in [0.1, 0.15) is 39.0 Å². The number of rotatable bonds is 4. The zero-order chi connectivity index (χ0) is 12.0. The average Bonchev–Trinajstić information content (AvgIpc) is 2.35. The van der Waals surface area contributed by atoms with Gasteiger partial charge in [0, 0.05) is 0 Å². The number of halogens is 1. The van der Waals surface area contributed by atoms with Gasteiger partial charge in [0.15, 0.2) is 0 Å². The Morgan fingerprint density at radius 1 is 1.31 bits per heavy atom. The molecule has 0 radical (unpaired) electrons. The Balaban J connectivity index is 2.91. The fourth-order valence-electron chi connectivity index (χ4n) is 2.19. The van der Waals surface area contributed by atoms with Crippen LogP contribution >= 0.6 is 0 Å². The molecule has 1 rings (SSSR count). The minimum absolute atomic E-state index is 0.205. The summed E-state index contributed by atoms with van der Waals surface area (Å²) >= 11 is 0. The minimum atomic E-state index is -0.205. The summed E-state index contributed by atoms with van der Waals surface area (Å²) in [6, 6.07) is 0. The standard InChI is InChI=1S/C14H21FO/c1-4-14(15)13(10-11(2)16-3)12-8-6-5-7-9-12/h4,10,12H,1,5-9H2,2-3H3/b11-10+,14-13-. The molecule has 0 aromatic heterocycles. The van der Waals surface area contributed by atoms with Crippen molar-refractivity contribution in [2.24, 2.45) is 5.92 Å². The van der Waals surface area contributed by atoms with Gasteiger partial charge in [-0.2, -0.15) is 0 Å². The van der Waals surface area contributed by atoms with Gasteiger partial charge in [-0.3, -0.25) is 0 Å². The molecule has 0 aliphatic heterocycles. The van der Waals surface area contributed by atoms with Crippen LogP contribution in [0.4, 0.5) is 4.39 Å². The van der Waals surface area contributed by atoms with E-state index in [0.29, 0.717) is 5.92 Å². The molecule has 0 aromatic carbocycles. The molecule has 0 heterocycles. The summed E-state index contributed by atoms with van der Waals surface area (Å²) in [5.74, 6) is 0.873. The van der Waals surface area contributed by atoms with Gasteiger partial charge in [-0.1, -0.05) is 25.8 Å². The average molecular weight is 224 g/mol. The first kappa shape index (κ1) is 13.0. The van der Waals surface area contributed by atoms with Gasteiger partial charge in [-0.15, -0.1) is 0 Å². The van der Waals surface area contributed by atoms with E-state index >= 15 is 0 Å². The summed E-state index contributed by atoms with van der Waals surface area (Å²) in [4.78, 5) is 0. The van der Waals surface area contributed by atoms with Crippen molar-refractivity contribution in [2.75, 3.05) is 7.11 Å². The van der Waals surface area contributed by atoms with Crippen molar-refractivity contribution in [1.29, 1.82) is 0 Å². The summed E-state index contributed by atoms with van der Waals surface area (Å²) in [6.07, 6.45) is 8.91. The normalized spacial score (nSPS) is 20.3. The third-order valence-electron chi connectivity index (χ3n) is 3.18. The van der Waals surface area contributed by atoms with Crippen LogP contribution in [-0.2, 0) is 4.74 Å². The van der Waals surface area contributed by atoms with Crippen LogP contribution in [0.2, 0.25) is 0 Å². The van der Waals surface area contributed by atoms with Crippen LogP contribution in [0.3, 0.4) is 0 Å². The third kappa shape index (κ3) is 3.51. The van der Waals surface area contributed by atoms with Crippen LogP contribution in [0, 0.1) is 5.92 Å². The minimum Gasteiger partial charge on any atom is -0.501 e. The zero-order valence-corrected chi connectivity index (χ0v) is 10.3. The number of ether oxygens (including phenoxy) is 1. The number of allylic oxidation sites excluding steroid dienone is 5. The number of hydrogen-bond donors (Lipinski definition) is 0. The second-order valence-corrected chi connectivity index (χ2v) is 4.30. The first-order valence-corrected chi connectivity index (χ1v) is 5.93. The molecule has 1 fully saturated rings. The lowest BCUT2D eigenvalue weighted by atomic mass is 9.83. The predicted octanol–water partition coefficient (Wildman–Crippen LogP) is 4.53. The molecule has 1 nitrogen and oxygen atoms in total. The maximum Gasteiger partial charge on any atom is 0.126 e. The SMILES string of the molecule is C=C/C(F)=C(\C=C(/C)OC)C1CCCCC1. The van der Waals surface area contributed by atoms with E-state index in [2.05, 4.69) is 6.58 Å². The van der Waals surface area contributed by atoms with Gasteiger partial charge >= 0.3 is 0 Å². The van der Waals surface area contributed by atoms with Crippen molar-refractivity contribution < 1.29 is 9.13 Å². The van der Waals surface area contributed by atoms with Crippen LogP contribution in [0.15, 0.2) is 35.9 Å². The molecule has 2 heteroatoms. The summed E-state index contributed by atoms with van der Waals surface area (Å²) in [7, 11) is 1.61. The van der Waals surface area contributed by atoms with Gasteiger partial charge in [0.2, 0.25) is 0 Å².